The van der Waals surface area contributed by atoms with Crippen LogP contribution in [0.15, 0.2) is 46.9 Å². The second-order valence-electron chi connectivity index (χ2n) is 4.33. The van der Waals surface area contributed by atoms with Gasteiger partial charge in [-0.1, -0.05) is 51.8 Å². The lowest BCUT2D eigenvalue weighted by Gasteiger charge is -2.08. The van der Waals surface area contributed by atoms with E-state index in [0.717, 1.165) is 22.6 Å². The summed E-state index contributed by atoms with van der Waals surface area (Å²) in [6.45, 7) is 3.75. The standard InChI is InChI=1S/C15H15BrClN/c1-11-5-6-13(15(16)7-11)10-18-9-12-3-2-4-14(17)8-12/h2-8,18H,9-10H2,1H3. The van der Waals surface area contributed by atoms with Crippen molar-refractivity contribution < 1.29 is 0 Å². The predicted molar refractivity (Wildman–Crippen MR) is 80.9 cm³/mol. The van der Waals surface area contributed by atoms with Crippen molar-refractivity contribution in [3.63, 3.8) is 0 Å². The van der Waals surface area contributed by atoms with Crippen LogP contribution in [0.1, 0.15) is 16.7 Å². The molecule has 0 aliphatic heterocycles. The van der Waals surface area contributed by atoms with Crippen LogP contribution in [-0.4, -0.2) is 0 Å². The van der Waals surface area contributed by atoms with Gasteiger partial charge in [0.1, 0.15) is 0 Å². The zero-order valence-corrected chi connectivity index (χ0v) is 12.6. The maximum absolute atomic E-state index is 5.95. The third-order valence-electron chi connectivity index (χ3n) is 2.74. The molecule has 0 saturated carbocycles. The molecule has 0 aromatic heterocycles. The van der Waals surface area contributed by atoms with Gasteiger partial charge in [-0.2, -0.15) is 0 Å². The van der Waals surface area contributed by atoms with E-state index in [0.29, 0.717) is 0 Å². The van der Waals surface area contributed by atoms with Crippen molar-refractivity contribution in [3.8, 4) is 0 Å². The Kier molecular flexibility index (Phi) is 4.81. The minimum atomic E-state index is 0.783. The van der Waals surface area contributed by atoms with Gasteiger partial charge in [0.05, 0.1) is 0 Å². The van der Waals surface area contributed by atoms with Gasteiger partial charge in [0.15, 0.2) is 0 Å². The summed E-state index contributed by atoms with van der Waals surface area (Å²) in [7, 11) is 0. The summed E-state index contributed by atoms with van der Waals surface area (Å²) in [6.07, 6.45) is 0. The third-order valence-corrected chi connectivity index (χ3v) is 3.72. The fourth-order valence-electron chi connectivity index (χ4n) is 1.78. The number of hydrogen-bond acceptors (Lipinski definition) is 1. The van der Waals surface area contributed by atoms with Crippen LogP contribution in [0.3, 0.4) is 0 Å². The Hall–Kier alpha value is -0.830. The molecule has 3 heteroatoms. The molecule has 0 radical (unpaired) electrons. The number of aryl methyl sites for hydroxylation is 1. The van der Waals surface area contributed by atoms with Crippen LogP contribution in [0.4, 0.5) is 0 Å². The number of rotatable bonds is 4. The molecule has 1 nitrogen and oxygen atoms in total. The first kappa shape index (κ1) is 13.6. The first-order valence-corrected chi connectivity index (χ1v) is 7.02. The highest BCUT2D eigenvalue weighted by Gasteiger charge is 2.00. The van der Waals surface area contributed by atoms with E-state index in [1.165, 1.54) is 16.7 Å². The second-order valence-corrected chi connectivity index (χ2v) is 5.62. The van der Waals surface area contributed by atoms with Gasteiger partial charge in [-0.3, -0.25) is 0 Å². The lowest BCUT2D eigenvalue weighted by atomic mass is 10.1. The Morgan fingerprint density at radius 1 is 1.11 bits per heavy atom. The molecule has 94 valence electrons. The molecular formula is C15H15BrClN. The summed E-state index contributed by atoms with van der Waals surface area (Å²) >= 11 is 9.53. The minimum Gasteiger partial charge on any atom is -0.309 e. The van der Waals surface area contributed by atoms with E-state index < -0.39 is 0 Å². The van der Waals surface area contributed by atoms with Crippen molar-refractivity contribution in [3.05, 3.63) is 68.7 Å². The molecule has 0 unspecified atom stereocenters. The molecule has 0 aliphatic rings. The number of benzene rings is 2. The topological polar surface area (TPSA) is 12.0 Å². The van der Waals surface area contributed by atoms with Gasteiger partial charge in [-0.05, 0) is 41.8 Å². The molecule has 0 spiro atoms. The van der Waals surface area contributed by atoms with Crippen LogP contribution < -0.4 is 5.32 Å². The molecule has 2 rings (SSSR count). The van der Waals surface area contributed by atoms with Gasteiger partial charge < -0.3 is 5.32 Å². The fraction of sp³-hybridized carbons (Fsp3) is 0.200. The predicted octanol–water partition coefficient (Wildman–Crippen LogP) is 4.70. The first-order chi connectivity index (χ1) is 8.65. The van der Waals surface area contributed by atoms with Crippen molar-refractivity contribution >= 4 is 27.5 Å². The van der Waals surface area contributed by atoms with E-state index in [4.69, 9.17) is 11.6 Å². The third kappa shape index (κ3) is 3.84. The van der Waals surface area contributed by atoms with Crippen LogP contribution in [-0.2, 0) is 13.1 Å². The van der Waals surface area contributed by atoms with Gasteiger partial charge in [-0.25, -0.2) is 0 Å². The summed E-state index contributed by atoms with van der Waals surface area (Å²) in [5.74, 6) is 0. The molecule has 2 aromatic carbocycles. The average Bonchev–Trinajstić information content (AvgIpc) is 2.32. The smallest absolute Gasteiger partial charge is 0.0409 e. The summed E-state index contributed by atoms with van der Waals surface area (Å²) in [5.41, 5.74) is 3.73. The highest BCUT2D eigenvalue weighted by Crippen LogP contribution is 2.18. The monoisotopic (exact) mass is 323 g/mol. The van der Waals surface area contributed by atoms with E-state index in [2.05, 4.69) is 52.4 Å². The van der Waals surface area contributed by atoms with Crippen molar-refractivity contribution in [2.45, 2.75) is 20.0 Å². The number of halogens is 2. The van der Waals surface area contributed by atoms with Crippen LogP contribution in [0.25, 0.3) is 0 Å². The zero-order valence-electron chi connectivity index (χ0n) is 10.2. The SMILES string of the molecule is Cc1ccc(CNCc2cccc(Cl)c2)c(Br)c1. The lowest BCUT2D eigenvalue weighted by molar-refractivity contribution is 0.691. The normalized spacial score (nSPS) is 10.6. The van der Waals surface area contributed by atoms with E-state index >= 15 is 0 Å². The number of nitrogens with one attached hydrogen (secondary N) is 1. The van der Waals surface area contributed by atoms with Crippen molar-refractivity contribution in [1.82, 2.24) is 5.32 Å². The largest absolute Gasteiger partial charge is 0.309 e. The Labute approximate surface area is 121 Å². The minimum absolute atomic E-state index is 0.783. The molecule has 0 heterocycles. The van der Waals surface area contributed by atoms with Gasteiger partial charge in [-0.15, -0.1) is 0 Å². The highest BCUT2D eigenvalue weighted by molar-refractivity contribution is 9.10. The fourth-order valence-corrected chi connectivity index (χ4v) is 2.63. The highest BCUT2D eigenvalue weighted by atomic mass is 79.9. The molecule has 0 amide bonds. The Morgan fingerprint density at radius 3 is 2.67 bits per heavy atom. The lowest BCUT2D eigenvalue weighted by Crippen LogP contribution is -2.13. The molecule has 1 N–H and O–H groups in total. The summed E-state index contributed by atoms with van der Waals surface area (Å²) < 4.78 is 1.15. The summed E-state index contributed by atoms with van der Waals surface area (Å²) in [5, 5.41) is 4.20. The first-order valence-electron chi connectivity index (χ1n) is 5.85. The Morgan fingerprint density at radius 2 is 1.94 bits per heavy atom. The van der Waals surface area contributed by atoms with E-state index in [1.54, 1.807) is 0 Å². The maximum Gasteiger partial charge on any atom is 0.0409 e. The molecule has 0 fully saturated rings. The van der Waals surface area contributed by atoms with Gasteiger partial charge >= 0.3 is 0 Å². The molecule has 0 atom stereocenters. The van der Waals surface area contributed by atoms with Crippen molar-refractivity contribution in [2.24, 2.45) is 0 Å². The van der Waals surface area contributed by atoms with Crippen LogP contribution in [0, 0.1) is 6.92 Å². The van der Waals surface area contributed by atoms with Gasteiger partial charge in [0, 0.05) is 22.6 Å². The van der Waals surface area contributed by atoms with Crippen LogP contribution >= 0.6 is 27.5 Å². The Balaban J connectivity index is 1.92. The average molecular weight is 325 g/mol. The molecule has 18 heavy (non-hydrogen) atoms. The van der Waals surface area contributed by atoms with Gasteiger partial charge in [0.2, 0.25) is 0 Å². The van der Waals surface area contributed by atoms with Crippen LogP contribution in [0.5, 0.6) is 0 Å². The molecular weight excluding hydrogens is 310 g/mol. The summed E-state index contributed by atoms with van der Waals surface area (Å²) in [6, 6.07) is 14.3. The quantitative estimate of drug-likeness (QED) is 0.859. The van der Waals surface area contributed by atoms with Crippen LogP contribution in [0.2, 0.25) is 5.02 Å². The van der Waals surface area contributed by atoms with Crippen molar-refractivity contribution in [1.29, 1.82) is 0 Å². The van der Waals surface area contributed by atoms with Gasteiger partial charge in [0.25, 0.3) is 0 Å². The molecule has 0 aliphatic carbocycles. The van der Waals surface area contributed by atoms with E-state index in [1.807, 2.05) is 18.2 Å². The second kappa shape index (κ2) is 6.37. The van der Waals surface area contributed by atoms with Crippen molar-refractivity contribution in [2.75, 3.05) is 0 Å². The summed E-state index contributed by atoms with van der Waals surface area (Å²) in [4.78, 5) is 0. The maximum atomic E-state index is 5.95. The van der Waals surface area contributed by atoms with E-state index in [9.17, 15) is 0 Å². The molecule has 0 bridgehead atoms. The Bertz CT molecular complexity index is 540. The molecule has 0 saturated heterocycles. The number of hydrogen-bond donors (Lipinski definition) is 1. The van der Waals surface area contributed by atoms with E-state index in [-0.39, 0.29) is 0 Å². The molecule has 2 aromatic rings. The zero-order chi connectivity index (χ0) is 13.0.